The van der Waals surface area contributed by atoms with Crippen molar-refractivity contribution in [3.63, 3.8) is 0 Å². The lowest BCUT2D eigenvalue weighted by Crippen LogP contribution is -2.44. The number of nitrogens with zero attached hydrogens (tertiary/aromatic N) is 5. The highest BCUT2D eigenvalue weighted by Gasteiger charge is 2.15. The molecule has 1 aromatic carbocycles. The van der Waals surface area contributed by atoms with E-state index in [1.807, 2.05) is 36.5 Å². The largest absolute Gasteiger partial charge is 0.444 e. The summed E-state index contributed by atoms with van der Waals surface area (Å²) in [6, 6.07) is 14.1. The molecule has 2 N–H and O–H groups in total. The van der Waals surface area contributed by atoms with Crippen LogP contribution in [0.4, 0.5) is 5.82 Å². The highest BCUT2D eigenvalue weighted by molar-refractivity contribution is 14.0. The molecule has 0 atom stereocenters. The molecule has 3 heterocycles. The van der Waals surface area contributed by atoms with E-state index in [1.54, 1.807) is 13.3 Å². The van der Waals surface area contributed by atoms with E-state index in [-0.39, 0.29) is 24.0 Å². The molecule has 1 saturated heterocycles. The minimum atomic E-state index is 0. The summed E-state index contributed by atoms with van der Waals surface area (Å²) in [5, 5.41) is 6.59. The van der Waals surface area contributed by atoms with Crippen molar-refractivity contribution in [2.24, 2.45) is 4.99 Å². The van der Waals surface area contributed by atoms with Crippen LogP contribution in [0.25, 0.3) is 11.5 Å². The maximum absolute atomic E-state index is 5.59. The third-order valence-electron chi connectivity index (χ3n) is 5.33. The van der Waals surface area contributed by atoms with E-state index < -0.39 is 0 Å². The Labute approximate surface area is 206 Å². The van der Waals surface area contributed by atoms with Crippen molar-refractivity contribution in [2.45, 2.75) is 13.1 Å². The van der Waals surface area contributed by atoms with Gasteiger partial charge in [-0.3, -0.25) is 4.99 Å². The molecule has 0 unspecified atom stereocenters. The SMILES string of the molecule is CN=C(NCc1ccc(N2CCN(C)CC2)nc1)NCc1coc(-c2ccccc2)n1.I. The van der Waals surface area contributed by atoms with Gasteiger partial charge >= 0.3 is 0 Å². The van der Waals surface area contributed by atoms with Gasteiger partial charge in [-0.15, -0.1) is 24.0 Å². The van der Waals surface area contributed by atoms with E-state index in [1.165, 1.54) is 0 Å². The molecule has 0 bridgehead atoms. The first-order chi connectivity index (χ1) is 15.2. The molecule has 4 rings (SSSR count). The quantitative estimate of drug-likeness (QED) is 0.279. The summed E-state index contributed by atoms with van der Waals surface area (Å²) in [4.78, 5) is 18.1. The van der Waals surface area contributed by atoms with Gasteiger partial charge in [-0.2, -0.15) is 0 Å². The smallest absolute Gasteiger partial charge is 0.226 e. The lowest BCUT2D eigenvalue weighted by atomic mass is 10.2. The van der Waals surface area contributed by atoms with Crippen LogP contribution in [0, 0.1) is 0 Å². The van der Waals surface area contributed by atoms with E-state index in [0.29, 0.717) is 24.9 Å². The van der Waals surface area contributed by atoms with Gasteiger partial charge in [0.05, 0.1) is 12.2 Å². The van der Waals surface area contributed by atoms with Crippen LogP contribution in [-0.2, 0) is 13.1 Å². The van der Waals surface area contributed by atoms with Gasteiger partial charge in [-0.1, -0.05) is 24.3 Å². The molecule has 1 aliphatic heterocycles. The number of oxazole rings is 1. The fourth-order valence-corrected chi connectivity index (χ4v) is 3.43. The third-order valence-corrected chi connectivity index (χ3v) is 5.33. The van der Waals surface area contributed by atoms with Crippen LogP contribution in [0.2, 0.25) is 0 Å². The van der Waals surface area contributed by atoms with Crippen molar-refractivity contribution in [1.82, 2.24) is 25.5 Å². The molecular weight excluding hydrogens is 517 g/mol. The summed E-state index contributed by atoms with van der Waals surface area (Å²) < 4.78 is 5.59. The van der Waals surface area contributed by atoms with E-state index in [9.17, 15) is 0 Å². The number of hydrogen-bond acceptors (Lipinski definition) is 6. The summed E-state index contributed by atoms with van der Waals surface area (Å²) in [5.41, 5.74) is 2.89. The molecule has 0 spiro atoms. The number of nitrogens with one attached hydrogen (secondary N) is 2. The number of benzene rings is 1. The molecule has 0 aliphatic carbocycles. The fraction of sp³-hybridized carbons (Fsp3) is 0.348. The standard InChI is InChI=1S/C23H29N7O.HI/c1-24-23(27-16-20-17-31-22(28-20)19-6-4-3-5-7-19)26-15-18-8-9-21(25-14-18)30-12-10-29(2)11-13-30;/h3-9,14,17H,10-13,15-16H2,1-2H3,(H2,24,26,27);1H. The van der Waals surface area contributed by atoms with Crippen molar-refractivity contribution in [3.8, 4) is 11.5 Å². The fourth-order valence-electron chi connectivity index (χ4n) is 3.43. The Morgan fingerprint density at radius 3 is 2.47 bits per heavy atom. The Balaban J connectivity index is 0.00000289. The average molecular weight is 547 g/mol. The summed E-state index contributed by atoms with van der Waals surface area (Å²) in [7, 11) is 3.91. The minimum absolute atomic E-state index is 0. The topological polar surface area (TPSA) is 81.8 Å². The van der Waals surface area contributed by atoms with Crippen LogP contribution in [-0.4, -0.2) is 61.1 Å². The predicted octanol–water partition coefficient (Wildman–Crippen LogP) is 2.97. The summed E-state index contributed by atoms with van der Waals surface area (Å²) in [5.74, 6) is 2.36. The molecular formula is C23H30IN7O. The zero-order valence-corrected chi connectivity index (χ0v) is 20.8. The van der Waals surface area contributed by atoms with Gasteiger partial charge in [-0.25, -0.2) is 9.97 Å². The van der Waals surface area contributed by atoms with Gasteiger partial charge in [0.1, 0.15) is 12.1 Å². The van der Waals surface area contributed by atoms with Crippen molar-refractivity contribution in [2.75, 3.05) is 45.2 Å². The van der Waals surface area contributed by atoms with E-state index in [4.69, 9.17) is 4.42 Å². The number of likely N-dealkylation sites (N-methyl/N-ethyl adjacent to an activating group) is 1. The number of aliphatic imine (C=N–C) groups is 1. The lowest BCUT2D eigenvalue weighted by molar-refractivity contribution is 0.312. The minimum Gasteiger partial charge on any atom is -0.444 e. The van der Waals surface area contributed by atoms with Crippen molar-refractivity contribution in [3.05, 3.63) is 66.2 Å². The maximum Gasteiger partial charge on any atom is 0.226 e. The molecule has 170 valence electrons. The molecule has 2 aromatic heterocycles. The molecule has 3 aromatic rings. The second kappa shape index (κ2) is 11.8. The van der Waals surface area contributed by atoms with Gasteiger partial charge in [0.25, 0.3) is 0 Å². The Hall–Kier alpha value is -2.66. The third kappa shape index (κ3) is 6.42. The zero-order valence-electron chi connectivity index (χ0n) is 18.5. The highest BCUT2D eigenvalue weighted by Crippen LogP contribution is 2.17. The molecule has 8 nitrogen and oxygen atoms in total. The summed E-state index contributed by atoms with van der Waals surface area (Å²) in [6.45, 7) is 5.36. The summed E-state index contributed by atoms with van der Waals surface area (Å²) in [6.07, 6.45) is 3.60. The van der Waals surface area contributed by atoms with Gasteiger partial charge in [0, 0.05) is 51.5 Å². The predicted molar refractivity (Wildman–Crippen MR) is 138 cm³/mol. The van der Waals surface area contributed by atoms with E-state index in [2.05, 4.69) is 54.6 Å². The molecule has 1 fully saturated rings. The van der Waals surface area contributed by atoms with Gasteiger partial charge in [0.2, 0.25) is 5.89 Å². The molecule has 0 saturated carbocycles. The van der Waals surface area contributed by atoms with Crippen LogP contribution < -0.4 is 15.5 Å². The number of rotatable bonds is 6. The number of pyridine rings is 1. The van der Waals surface area contributed by atoms with Crippen LogP contribution in [0.1, 0.15) is 11.3 Å². The normalized spacial score (nSPS) is 14.7. The first-order valence-electron chi connectivity index (χ1n) is 10.5. The zero-order chi connectivity index (χ0) is 21.5. The van der Waals surface area contributed by atoms with Gasteiger partial charge in [0.15, 0.2) is 5.96 Å². The number of piperazine rings is 1. The highest BCUT2D eigenvalue weighted by atomic mass is 127. The number of guanidine groups is 1. The van der Waals surface area contributed by atoms with Crippen LogP contribution in [0.15, 0.2) is 64.3 Å². The van der Waals surface area contributed by atoms with Crippen molar-refractivity contribution >= 4 is 35.8 Å². The summed E-state index contributed by atoms with van der Waals surface area (Å²) >= 11 is 0. The Bertz CT molecular complexity index is 983. The first-order valence-corrected chi connectivity index (χ1v) is 10.5. The number of anilines is 1. The Morgan fingerprint density at radius 1 is 1.03 bits per heavy atom. The molecule has 1 aliphatic rings. The van der Waals surface area contributed by atoms with Crippen molar-refractivity contribution in [1.29, 1.82) is 0 Å². The maximum atomic E-state index is 5.59. The molecule has 0 radical (unpaired) electrons. The van der Waals surface area contributed by atoms with Gasteiger partial charge in [-0.05, 0) is 30.8 Å². The second-order valence-electron chi connectivity index (χ2n) is 7.60. The van der Waals surface area contributed by atoms with Crippen molar-refractivity contribution < 1.29 is 4.42 Å². The molecule has 32 heavy (non-hydrogen) atoms. The number of aromatic nitrogens is 2. The molecule has 9 heteroatoms. The molecule has 0 amide bonds. The number of hydrogen-bond donors (Lipinski definition) is 2. The average Bonchev–Trinajstić information content (AvgIpc) is 3.30. The van der Waals surface area contributed by atoms with Crippen LogP contribution in [0.5, 0.6) is 0 Å². The Kier molecular flexibility index (Phi) is 8.86. The first kappa shape index (κ1) is 24.0. The number of halogens is 1. The van der Waals surface area contributed by atoms with E-state index >= 15 is 0 Å². The van der Waals surface area contributed by atoms with Crippen LogP contribution in [0.3, 0.4) is 0 Å². The Morgan fingerprint density at radius 2 is 1.78 bits per heavy atom. The van der Waals surface area contributed by atoms with Gasteiger partial charge < -0.3 is 24.9 Å². The second-order valence-corrected chi connectivity index (χ2v) is 7.60. The van der Waals surface area contributed by atoms with E-state index in [0.717, 1.165) is 48.8 Å². The monoisotopic (exact) mass is 547 g/mol. The lowest BCUT2D eigenvalue weighted by Gasteiger charge is -2.33. The van der Waals surface area contributed by atoms with Crippen LogP contribution >= 0.6 is 24.0 Å².